The molecule has 0 fully saturated rings. The van der Waals surface area contributed by atoms with Crippen molar-refractivity contribution in [2.45, 2.75) is 26.8 Å². The van der Waals surface area contributed by atoms with Crippen LogP contribution in [0.5, 0.6) is 0 Å². The van der Waals surface area contributed by atoms with Crippen LogP contribution in [-0.4, -0.2) is 16.1 Å². The van der Waals surface area contributed by atoms with Crippen LogP contribution in [0.1, 0.15) is 40.3 Å². The lowest BCUT2D eigenvalue weighted by Crippen LogP contribution is -2.16. The van der Waals surface area contributed by atoms with Gasteiger partial charge in [0.15, 0.2) is 0 Å². The fourth-order valence-electron chi connectivity index (χ4n) is 1.04. The lowest BCUT2D eigenvalue weighted by atomic mass is 10.1. The van der Waals surface area contributed by atoms with E-state index in [1.165, 1.54) is 11.3 Å². The molecule has 6 heteroatoms. The first-order chi connectivity index (χ1) is 6.43. The Kier molecular flexibility index (Phi) is 5.20. The molecule has 0 aromatic carbocycles. The Morgan fingerprint density at radius 1 is 1.53 bits per heavy atom. The molecule has 0 radical (unpaired) electrons. The molecule has 0 bridgehead atoms. The number of hydrogen-bond donors (Lipinski definition) is 2. The number of halogens is 1. The number of carboxylic acid groups (broad SMARTS) is 1. The summed E-state index contributed by atoms with van der Waals surface area (Å²) in [7, 11) is 0. The molecular formula is C9H15ClN2O2S. The minimum Gasteiger partial charge on any atom is -0.477 e. The average Bonchev–Trinajstić information content (AvgIpc) is 2.45. The fourth-order valence-corrected chi connectivity index (χ4v) is 2.12. The van der Waals surface area contributed by atoms with Gasteiger partial charge in [0.2, 0.25) is 0 Å². The van der Waals surface area contributed by atoms with Gasteiger partial charge in [0, 0.05) is 0 Å². The van der Waals surface area contributed by atoms with Crippen LogP contribution < -0.4 is 5.73 Å². The van der Waals surface area contributed by atoms with Crippen LogP contribution in [0.25, 0.3) is 0 Å². The van der Waals surface area contributed by atoms with E-state index in [4.69, 9.17) is 10.8 Å². The van der Waals surface area contributed by atoms with Crippen LogP contribution in [0.2, 0.25) is 0 Å². The lowest BCUT2D eigenvalue weighted by Gasteiger charge is -2.11. The molecule has 1 unspecified atom stereocenters. The number of nitrogens with two attached hydrogens (primary N) is 1. The standard InChI is InChI=1S/C9H14N2O2S.ClH/c1-4(2)6(10)8-11-5(3)7(14-8)9(12)13;/h4,6H,10H2,1-3H3,(H,12,13);1H. The Hall–Kier alpha value is -0.650. The molecule has 0 aliphatic rings. The third-order valence-corrected chi connectivity index (χ3v) is 3.26. The molecular weight excluding hydrogens is 236 g/mol. The normalized spacial score (nSPS) is 12.3. The molecule has 0 saturated carbocycles. The van der Waals surface area contributed by atoms with Crippen LogP contribution in [0.4, 0.5) is 0 Å². The van der Waals surface area contributed by atoms with Gasteiger partial charge >= 0.3 is 5.97 Å². The SMILES string of the molecule is Cc1nc(C(N)C(C)C)sc1C(=O)O.Cl. The minimum absolute atomic E-state index is 0. The number of rotatable bonds is 3. The van der Waals surface area contributed by atoms with Crippen molar-refractivity contribution < 1.29 is 9.90 Å². The summed E-state index contributed by atoms with van der Waals surface area (Å²) in [6.45, 7) is 5.67. The molecule has 1 aromatic heterocycles. The van der Waals surface area contributed by atoms with Crippen LogP contribution >= 0.6 is 23.7 Å². The third kappa shape index (κ3) is 3.15. The number of hydrogen-bond acceptors (Lipinski definition) is 4. The van der Waals surface area contributed by atoms with E-state index < -0.39 is 5.97 Å². The van der Waals surface area contributed by atoms with Gasteiger partial charge in [-0.05, 0) is 12.8 Å². The number of aryl methyl sites for hydroxylation is 1. The van der Waals surface area contributed by atoms with Gasteiger partial charge in [0.05, 0.1) is 11.7 Å². The second-order valence-corrected chi connectivity index (χ2v) is 4.57. The molecule has 0 amide bonds. The van der Waals surface area contributed by atoms with Gasteiger partial charge in [0.1, 0.15) is 9.88 Å². The quantitative estimate of drug-likeness (QED) is 0.863. The number of aromatic nitrogens is 1. The first-order valence-corrected chi connectivity index (χ1v) is 5.21. The van der Waals surface area contributed by atoms with Crippen molar-refractivity contribution in [2.24, 2.45) is 11.7 Å². The van der Waals surface area contributed by atoms with Gasteiger partial charge in [-0.1, -0.05) is 13.8 Å². The number of carboxylic acids is 1. The summed E-state index contributed by atoms with van der Waals surface area (Å²) in [5, 5.41) is 9.53. The maximum atomic E-state index is 10.8. The van der Waals surface area contributed by atoms with E-state index in [9.17, 15) is 4.79 Å². The largest absolute Gasteiger partial charge is 0.477 e. The highest BCUT2D eigenvalue weighted by Gasteiger charge is 2.19. The molecule has 86 valence electrons. The van der Waals surface area contributed by atoms with Gasteiger partial charge < -0.3 is 10.8 Å². The molecule has 1 heterocycles. The Bertz CT molecular complexity index is 352. The van der Waals surface area contributed by atoms with Crippen LogP contribution in [0, 0.1) is 12.8 Å². The monoisotopic (exact) mass is 250 g/mol. The van der Waals surface area contributed by atoms with Crippen molar-refractivity contribution in [3.63, 3.8) is 0 Å². The zero-order chi connectivity index (χ0) is 10.9. The zero-order valence-corrected chi connectivity index (χ0v) is 10.5. The van der Waals surface area contributed by atoms with Crippen LogP contribution in [0.3, 0.4) is 0 Å². The zero-order valence-electron chi connectivity index (χ0n) is 8.85. The van der Waals surface area contributed by atoms with E-state index in [1.807, 2.05) is 13.8 Å². The molecule has 4 nitrogen and oxygen atoms in total. The average molecular weight is 251 g/mol. The highest BCUT2D eigenvalue weighted by atomic mass is 35.5. The topological polar surface area (TPSA) is 76.2 Å². The summed E-state index contributed by atoms with van der Waals surface area (Å²) in [6, 6.07) is -0.174. The maximum absolute atomic E-state index is 10.8. The summed E-state index contributed by atoms with van der Waals surface area (Å²) < 4.78 is 0. The molecule has 0 aliphatic carbocycles. The second kappa shape index (κ2) is 5.44. The van der Waals surface area contributed by atoms with Crippen molar-refractivity contribution >= 4 is 29.7 Å². The third-order valence-electron chi connectivity index (χ3n) is 2.01. The molecule has 3 N–H and O–H groups in total. The van der Waals surface area contributed by atoms with Crippen LogP contribution in [0.15, 0.2) is 0 Å². The summed E-state index contributed by atoms with van der Waals surface area (Å²) in [5.74, 6) is -0.663. The summed E-state index contributed by atoms with van der Waals surface area (Å²) in [5.41, 5.74) is 6.42. The lowest BCUT2D eigenvalue weighted by molar-refractivity contribution is 0.0701. The predicted molar refractivity (Wildman–Crippen MR) is 62.8 cm³/mol. The van der Waals surface area contributed by atoms with Gasteiger partial charge in [-0.25, -0.2) is 9.78 Å². The first-order valence-electron chi connectivity index (χ1n) is 4.39. The van der Waals surface area contributed by atoms with E-state index in [0.29, 0.717) is 10.7 Å². The molecule has 0 spiro atoms. The fraction of sp³-hybridized carbons (Fsp3) is 0.556. The van der Waals surface area contributed by atoms with Gasteiger partial charge in [-0.2, -0.15) is 0 Å². The Balaban J connectivity index is 0.00000196. The number of aromatic carboxylic acids is 1. The molecule has 0 aliphatic heterocycles. The van der Waals surface area contributed by atoms with E-state index in [0.717, 1.165) is 0 Å². The Labute approximate surface area is 98.9 Å². The maximum Gasteiger partial charge on any atom is 0.347 e. The summed E-state index contributed by atoms with van der Waals surface area (Å²) in [6.07, 6.45) is 0. The molecule has 0 saturated heterocycles. The highest BCUT2D eigenvalue weighted by molar-refractivity contribution is 7.13. The second-order valence-electron chi connectivity index (χ2n) is 3.54. The van der Waals surface area contributed by atoms with Crippen molar-refractivity contribution in [2.75, 3.05) is 0 Å². The number of carbonyl (C=O) groups is 1. The van der Waals surface area contributed by atoms with Crippen molar-refractivity contribution in [1.82, 2.24) is 4.98 Å². The Morgan fingerprint density at radius 3 is 2.40 bits per heavy atom. The summed E-state index contributed by atoms with van der Waals surface area (Å²) >= 11 is 1.17. The van der Waals surface area contributed by atoms with Crippen molar-refractivity contribution in [3.05, 3.63) is 15.6 Å². The van der Waals surface area contributed by atoms with Gasteiger partial charge in [0.25, 0.3) is 0 Å². The van der Waals surface area contributed by atoms with E-state index in [2.05, 4.69) is 4.98 Å². The molecule has 1 rings (SSSR count). The Morgan fingerprint density at radius 2 is 2.07 bits per heavy atom. The number of thiazole rings is 1. The predicted octanol–water partition coefficient (Wildman–Crippen LogP) is 2.23. The molecule has 1 atom stereocenters. The number of nitrogens with zero attached hydrogens (tertiary/aromatic N) is 1. The minimum atomic E-state index is -0.929. The van der Waals surface area contributed by atoms with Crippen molar-refractivity contribution in [1.29, 1.82) is 0 Å². The molecule has 15 heavy (non-hydrogen) atoms. The highest BCUT2D eigenvalue weighted by Crippen LogP contribution is 2.26. The van der Waals surface area contributed by atoms with Crippen LogP contribution in [-0.2, 0) is 0 Å². The van der Waals surface area contributed by atoms with Crippen molar-refractivity contribution in [3.8, 4) is 0 Å². The van der Waals surface area contributed by atoms with E-state index in [1.54, 1.807) is 6.92 Å². The van der Waals surface area contributed by atoms with Gasteiger partial charge in [-0.15, -0.1) is 23.7 Å². The van der Waals surface area contributed by atoms with E-state index in [-0.39, 0.29) is 29.2 Å². The smallest absolute Gasteiger partial charge is 0.347 e. The van der Waals surface area contributed by atoms with E-state index >= 15 is 0 Å². The molecule has 1 aromatic rings. The van der Waals surface area contributed by atoms with Gasteiger partial charge in [-0.3, -0.25) is 0 Å². The first kappa shape index (κ1) is 14.3. The summed E-state index contributed by atoms with van der Waals surface area (Å²) in [4.78, 5) is 15.2.